The van der Waals surface area contributed by atoms with E-state index in [1.54, 1.807) is 7.05 Å². The minimum absolute atomic E-state index is 0.298. The van der Waals surface area contributed by atoms with Crippen LogP contribution in [-0.2, 0) is 13.1 Å². The standard InChI is InChI=1S/C24H28ClN7O/c1-15-8-22-21(12-20(27-24(33)26-3)23-29-28-16(2)32(22)23)31(15)14-18-9-17(10-19(25)11-18)13-30-6-4-5-7-30/h8-12H,4-7,13-14H2,1-3H3,(H2,26,27,33). The highest BCUT2D eigenvalue weighted by molar-refractivity contribution is 6.30. The van der Waals surface area contributed by atoms with Gasteiger partial charge in [0.05, 0.1) is 16.7 Å². The predicted molar refractivity (Wildman–Crippen MR) is 131 cm³/mol. The molecule has 4 heterocycles. The Balaban J connectivity index is 1.57. The summed E-state index contributed by atoms with van der Waals surface area (Å²) in [6.07, 6.45) is 2.54. The van der Waals surface area contributed by atoms with E-state index in [-0.39, 0.29) is 6.03 Å². The van der Waals surface area contributed by atoms with E-state index in [9.17, 15) is 4.79 Å². The molecule has 0 unspecified atom stereocenters. The second-order valence-corrected chi connectivity index (χ2v) is 9.20. The molecular weight excluding hydrogens is 438 g/mol. The van der Waals surface area contributed by atoms with Crippen LogP contribution in [0.1, 0.15) is 35.5 Å². The summed E-state index contributed by atoms with van der Waals surface area (Å²) < 4.78 is 4.23. The van der Waals surface area contributed by atoms with Crippen LogP contribution in [0.4, 0.5) is 10.5 Å². The number of carbonyl (C=O) groups excluding carboxylic acids is 1. The molecule has 1 aliphatic rings. The van der Waals surface area contributed by atoms with E-state index in [1.807, 2.05) is 23.5 Å². The molecule has 2 N–H and O–H groups in total. The van der Waals surface area contributed by atoms with Gasteiger partial charge in [0, 0.05) is 30.9 Å². The van der Waals surface area contributed by atoms with Crippen LogP contribution < -0.4 is 10.6 Å². The maximum Gasteiger partial charge on any atom is 0.319 e. The maximum atomic E-state index is 12.1. The minimum Gasteiger partial charge on any atom is -0.341 e. The lowest BCUT2D eigenvalue weighted by Gasteiger charge is -2.16. The van der Waals surface area contributed by atoms with Crippen molar-refractivity contribution >= 4 is 40.0 Å². The van der Waals surface area contributed by atoms with Crippen molar-refractivity contribution in [3.63, 3.8) is 0 Å². The molecule has 0 bridgehead atoms. The summed E-state index contributed by atoms with van der Waals surface area (Å²) >= 11 is 6.51. The number of amides is 2. The van der Waals surface area contributed by atoms with Crippen molar-refractivity contribution < 1.29 is 4.79 Å². The zero-order valence-electron chi connectivity index (χ0n) is 19.2. The van der Waals surface area contributed by atoms with Gasteiger partial charge in [-0.15, -0.1) is 10.2 Å². The van der Waals surface area contributed by atoms with Gasteiger partial charge < -0.3 is 15.2 Å². The zero-order chi connectivity index (χ0) is 23.1. The Kier molecular flexibility index (Phi) is 5.72. The highest BCUT2D eigenvalue weighted by atomic mass is 35.5. The molecule has 1 saturated heterocycles. The molecule has 0 atom stereocenters. The van der Waals surface area contributed by atoms with Crippen molar-refractivity contribution in [2.75, 3.05) is 25.5 Å². The van der Waals surface area contributed by atoms with E-state index in [0.29, 0.717) is 17.9 Å². The number of likely N-dealkylation sites (tertiary alicyclic amines) is 1. The Labute approximate surface area is 197 Å². The number of urea groups is 1. The first-order valence-corrected chi connectivity index (χ1v) is 11.6. The summed E-state index contributed by atoms with van der Waals surface area (Å²) in [7, 11) is 1.59. The lowest BCUT2D eigenvalue weighted by Crippen LogP contribution is -2.24. The van der Waals surface area contributed by atoms with Gasteiger partial charge in [0.25, 0.3) is 0 Å². The van der Waals surface area contributed by atoms with Crippen molar-refractivity contribution in [1.82, 2.24) is 29.4 Å². The topological polar surface area (TPSA) is 79.5 Å². The molecule has 3 aromatic heterocycles. The number of fused-ring (bicyclic) bond motifs is 3. The number of hydrogen-bond acceptors (Lipinski definition) is 4. The Morgan fingerprint density at radius 2 is 1.73 bits per heavy atom. The van der Waals surface area contributed by atoms with E-state index in [0.717, 1.165) is 52.8 Å². The summed E-state index contributed by atoms with van der Waals surface area (Å²) in [5.41, 5.74) is 6.74. The monoisotopic (exact) mass is 465 g/mol. The van der Waals surface area contributed by atoms with E-state index in [2.05, 4.69) is 55.4 Å². The van der Waals surface area contributed by atoms with Crippen molar-refractivity contribution in [3.05, 3.63) is 58.0 Å². The van der Waals surface area contributed by atoms with Crippen LogP contribution in [0.5, 0.6) is 0 Å². The average molecular weight is 466 g/mol. The fourth-order valence-corrected chi connectivity index (χ4v) is 5.08. The molecule has 172 valence electrons. The molecular formula is C24H28ClN7O. The van der Waals surface area contributed by atoms with Gasteiger partial charge in [-0.1, -0.05) is 17.7 Å². The van der Waals surface area contributed by atoms with Gasteiger partial charge in [-0.05, 0) is 75.2 Å². The Morgan fingerprint density at radius 1 is 1.00 bits per heavy atom. The molecule has 1 aliphatic heterocycles. The van der Waals surface area contributed by atoms with E-state index in [1.165, 1.54) is 18.4 Å². The number of rotatable bonds is 5. The van der Waals surface area contributed by atoms with Crippen molar-refractivity contribution in [2.45, 2.75) is 39.8 Å². The summed E-state index contributed by atoms with van der Waals surface area (Å²) in [4.78, 5) is 14.5. The molecule has 2 amide bonds. The number of nitrogens with one attached hydrogen (secondary N) is 2. The van der Waals surface area contributed by atoms with Gasteiger partial charge in [-0.2, -0.15) is 0 Å². The van der Waals surface area contributed by atoms with Gasteiger partial charge in [-0.3, -0.25) is 9.30 Å². The first kappa shape index (κ1) is 21.7. The number of benzene rings is 1. The zero-order valence-corrected chi connectivity index (χ0v) is 19.9. The van der Waals surface area contributed by atoms with Crippen LogP contribution >= 0.6 is 11.6 Å². The molecule has 0 spiro atoms. The molecule has 4 aromatic rings. The third-order valence-electron chi connectivity index (χ3n) is 6.35. The Hall–Kier alpha value is -3.10. The van der Waals surface area contributed by atoms with Crippen LogP contribution in [0.2, 0.25) is 5.02 Å². The van der Waals surface area contributed by atoms with Crippen LogP contribution in [0.3, 0.4) is 0 Å². The lowest BCUT2D eigenvalue weighted by atomic mass is 10.1. The number of aromatic nitrogens is 4. The lowest BCUT2D eigenvalue weighted by molar-refractivity contribution is 0.254. The predicted octanol–water partition coefficient (Wildman–Crippen LogP) is 4.35. The third-order valence-corrected chi connectivity index (χ3v) is 6.57. The maximum absolute atomic E-state index is 12.1. The molecule has 5 rings (SSSR count). The third kappa shape index (κ3) is 4.16. The van der Waals surface area contributed by atoms with Gasteiger partial charge in [0.1, 0.15) is 5.82 Å². The van der Waals surface area contributed by atoms with Crippen LogP contribution in [0, 0.1) is 13.8 Å². The average Bonchev–Trinajstić information content (AvgIpc) is 3.49. The second-order valence-electron chi connectivity index (χ2n) is 8.76. The highest BCUT2D eigenvalue weighted by Crippen LogP contribution is 2.29. The number of aryl methyl sites for hydroxylation is 2. The summed E-state index contributed by atoms with van der Waals surface area (Å²) in [5, 5.41) is 14.8. The molecule has 8 nitrogen and oxygen atoms in total. The number of anilines is 1. The van der Waals surface area contributed by atoms with Gasteiger partial charge in [-0.25, -0.2) is 4.79 Å². The molecule has 0 saturated carbocycles. The van der Waals surface area contributed by atoms with Gasteiger partial charge >= 0.3 is 6.03 Å². The molecule has 33 heavy (non-hydrogen) atoms. The molecule has 9 heteroatoms. The normalized spacial score (nSPS) is 14.4. The van der Waals surface area contributed by atoms with Gasteiger partial charge in [0.15, 0.2) is 5.65 Å². The summed E-state index contributed by atoms with van der Waals surface area (Å²) in [6, 6.07) is 10.2. The summed E-state index contributed by atoms with van der Waals surface area (Å²) in [6.45, 7) is 7.91. The SMILES string of the molecule is CNC(=O)Nc1cc2c(cc(C)n2Cc2cc(Cl)cc(CN3CCCC3)c2)n2c(C)nnc12. The fourth-order valence-electron chi connectivity index (χ4n) is 4.80. The number of pyridine rings is 1. The Bertz CT molecular complexity index is 1350. The van der Waals surface area contributed by atoms with E-state index < -0.39 is 0 Å². The van der Waals surface area contributed by atoms with Crippen LogP contribution in [0.25, 0.3) is 16.7 Å². The first-order valence-electron chi connectivity index (χ1n) is 11.3. The largest absolute Gasteiger partial charge is 0.341 e. The van der Waals surface area contributed by atoms with E-state index in [4.69, 9.17) is 11.6 Å². The van der Waals surface area contributed by atoms with Crippen molar-refractivity contribution in [1.29, 1.82) is 0 Å². The summed E-state index contributed by atoms with van der Waals surface area (Å²) in [5.74, 6) is 0.767. The van der Waals surface area contributed by atoms with Crippen molar-refractivity contribution in [3.8, 4) is 0 Å². The number of carbonyl (C=O) groups is 1. The highest BCUT2D eigenvalue weighted by Gasteiger charge is 2.18. The number of nitrogens with zero attached hydrogens (tertiary/aromatic N) is 5. The second kappa shape index (κ2) is 8.68. The van der Waals surface area contributed by atoms with Gasteiger partial charge in [0.2, 0.25) is 0 Å². The number of halogens is 1. The quantitative estimate of drug-likeness (QED) is 0.459. The first-order chi connectivity index (χ1) is 15.9. The van der Waals surface area contributed by atoms with Crippen LogP contribution in [-0.4, -0.2) is 50.2 Å². The van der Waals surface area contributed by atoms with Crippen molar-refractivity contribution in [2.24, 2.45) is 0 Å². The fraction of sp³-hybridized carbons (Fsp3) is 0.375. The number of hydrogen-bond donors (Lipinski definition) is 2. The smallest absolute Gasteiger partial charge is 0.319 e. The molecule has 0 radical (unpaired) electrons. The molecule has 1 fully saturated rings. The molecule has 0 aliphatic carbocycles. The minimum atomic E-state index is -0.298. The Morgan fingerprint density at radius 3 is 2.45 bits per heavy atom. The molecule has 1 aromatic carbocycles. The van der Waals surface area contributed by atoms with Crippen LogP contribution in [0.15, 0.2) is 30.3 Å². The van der Waals surface area contributed by atoms with E-state index >= 15 is 0 Å².